The van der Waals surface area contributed by atoms with Crippen molar-refractivity contribution in [3.63, 3.8) is 0 Å². The molecule has 8 nitrogen and oxygen atoms in total. The molecule has 1 N–H and O–H groups in total. The van der Waals surface area contributed by atoms with Crippen LogP contribution >= 0.6 is 0 Å². The summed E-state index contributed by atoms with van der Waals surface area (Å²) in [6.45, 7) is 0. The van der Waals surface area contributed by atoms with Gasteiger partial charge in [-0.2, -0.15) is 10.1 Å². The number of rotatable bonds is 5. The molecule has 1 atom stereocenters. The molecule has 0 fully saturated rings. The van der Waals surface area contributed by atoms with Gasteiger partial charge < -0.3 is 19.5 Å². The molecule has 2 heterocycles. The van der Waals surface area contributed by atoms with E-state index in [2.05, 4.69) is 21.5 Å². The van der Waals surface area contributed by atoms with Crippen molar-refractivity contribution in [2.45, 2.75) is 6.04 Å². The van der Waals surface area contributed by atoms with Gasteiger partial charge in [0.15, 0.2) is 11.5 Å². The van der Waals surface area contributed by atoms with E-state index in [1.54, 1.807) is 31.0 Å². The number of nitrogens with one attached hydrogen (secondary N) is 1. The lowest BCUT2D eigenvalue weighted by atomic mass is 10.0. The summed E-state index contributed by atoms with van der Waals surface area (Å²) in [5.41, 5.74) is 3.25. The normalized spacial score (nSPS) is 15.0. The van der Waals surface area contributed by atoms with Gasteiger partial charge in [0, 0.05) is 11.3 Å². The fourth-order valence-corrected chi connectivity index (χ4v) is 3.28. The molecule has 4 rings (SSSR count). The Labute approximate surface area is 167 Å². The van der Waals surface area contributed by atoms with Crippen molar-refractivity contribution in [1.29, 1.82) is 0 Å². The molecule has 0 aliphatic carbocycles. The Balaban J connectivity index is 1.74. The molecule has 148 valence electrons. The summed E-state index contributed by atoms with van der Waals surface area (Å²) in [6.07, 6.45) is 3.56. The van der Waals surface area contributed by atoms with Crippen molar-refractivity contribution >= 4 is 17.6 Å². The quantitative estimate of drug-likeness (QED) is 0.668. The van der Waals surface area contributed by atoms with E-state index in [0.717, 1.165) is 16.8 Å². The molecular weight excluding hydrogens is 372 g/mol. The third-order valence-electron chi connectivity index (χ3n) is 4.78. The van der Waals surface area contributed by atoms with Crippen molar-refractivity contribution < 1.29 is 19.0 Å². The molecule has 1 aliphatic rings. The summed E-state index contributed by atoms with van der Waals surface area (Å²) in [6, 6.07) is 12.8. The van der Waals surface area contributed by atoms with E-state index in [0.29, 0.717) is 23.0 Å². The van der Waals surface area contributed by atoms with Crippen molar-refractivity contribution in [2.24, 2.45) is 0 Å². The third kappa shape index (κ3) is 3.40. The van der Waals surface area contributed by atoms with Crippen molar-refractivity contribution in [1.82, 2.24) is 14.8 Å². The van der Waals surface area contributed by atoms with Gasteiger partial charge in [-0.3, -0.25) is 0 Å². The minimum atomic E-state index is -0.370. The van der Waals surface area contributed by atoms with Gasteiger partial charge in [0.2, 0.25) is 5.95 Å². The molecule has 2 aromatic carbocycles. The highest BCUT2D eigenvalue weighted by molar-refractivity contribution is 5.89. The predicted molar refractivity (Wildman–Crippen MR) is 107 cm³/mol. The second kappa shape index (κ2) is 7.67. The second-order valence-electron chi connectivity index (χ2n) is 6.36. The van der Waals surface area contributed by atoms with E-state index in [9.17, 15) is 4.79 Å². The monoisotopic (exact) mass is 392 g/mol. The number of ether oxygens (including phenoxy) is 3. The van der Waals surface area contributed by atoms with Gasteiger partial charge in [0.25, 0.3) is 0 Å². The molecule has 0 bridgehead atoms. The van der Waals surface area contributed by atoms with E-state index in [1.165, 1.54) is 13.4 Å². The summed E-state index contributed by atoms with van der Waals surface area (Å²) >= 11 is 0. The molecule has 1 aromatic heterocycles. The number of anilines is 1. The number of benzene rings is 2. The SMILES string of the molecule is COC(=O)c1ccc([C@H]2C=C(c3ccc(OC)c(OC)c3)Nc3ncnn32)cc1. The lowest BCUT2D eigenvalue weighted by molar-refractivity contribution is 0.0600. The Morgan fingerprint density at radius 2 is 1.79 bits per heavy atom. The van der Waals surface area contributed by atoms with Gasteiger partial charge in [0.05, 0.1) is 26.9 Å². The number of hydrogen-bond acceptors (Lipinski definition) is 7. The van der Waals surface area contributed by atoms with Crippen LogP contribution in [-0.2, 0) is 4.74 Å². The molecule has 8 heteroatoms. The van der Waals surface area contributed by atoms with Gasteiger partial charge in [-0.05, 0) is 42.0 Å². The van der Waals surface area contributed by atoms with Crippen molar-refractivity contribution in [3.8, 4) is 11.5 Å². The van der Waals surface area contributed by atoms with Crippen LogP contribution in [0, 0.1) is 0 Å². The van der Waals surface area contributed by atoms with E-state index in [-0.39, 0.29) is 12.0 Å². The van der Waals surface area contributed by atoms with E-state index < -0.39 is 0 Å². The molecule has 29 heavy (non-hydrogen) atoms. The molecule has 1 aliphatic heterocycles. The first kappa shape index (κ1) is 18.5. The van der Waals surface area contributed by atoms with Gasteiger partial charge in [-0.15, -0.1) is 0 Å². The molecule has 0 saturated carbocycles. The van der Waals surface area contributed by atoms with Gasteiger partial charge in [0.1, 0.15) is 12.4 Å². The highest BCUT2D eigenvalue weighted by atomic mass is 16.5. The Morgan fingerprint density at radius 3 is 2.48 bits per heavy atom. The lowest BCUT2D eigenvalue weighted by Gasteiger charge is -2.25. The van der Waals surface area contributed by atoms with E-state index in [4.69, 9.17) is 14.2 Å². The summed E-state index contributed by atoms with van der Waals surface area (Å²) in [7, 11) is 4.57. The van der Waals surface area contributed by atoms with Crippen molar-refractivity contribution in [2.75, 3.05) is 26.6 Å². The Kier molecular flexibility index (Phi) is 4.90. The summed E-state index contributed by atoms with van der Waals surface area (Å²) in [5, 5.41) is 7.64. The van der Waals surface area contributed by atoms with Crippen LogP contribution in [0.1, 0.15) is 27.5 Å². The summed E-state index contributed by atoms with van der Waals surface area (Å²) in [4.78, 5) is 16.0. The van der Waals surface area contributed by atoms with Crippen LogP contribution in [-0.4, -0.2) is 42.1 Å². The third-order valence-corrected chi connectivity index (χ3v) is 4.78. The van der Waals surface area contributed by atoms with Crippen LogP contribution in [0.4, 0.5) is 5.95 Å². The smallest absolute Gasteiger partial charge is 0.337 e. The molecule has 0 radical (unpaired) electrons. The average molecular weight is 392 g/mol. The second-order valence-corrected chi connectivity index (χ2v) is 6.36. The number of esters is 1. The predicted octanol–water partition coefficient (Wildman–Crippen LogP) is 3.14. The maximum atomic E-state index is 11.7. The van der Waals surface area contributed by atoms with E-state index in [1.807, 2.05) is 30.3 Å². The average Bonchev–Trinajstić information content (AvgIpc) is 3.26. The first-order valence-corrected chi connectivity index (χ1v) is 8.93. The number of fused-ring (bicyclic) bond motifs is 1. The van der Waals surface area contributed by atoms with E-state index >= 15 is 0 Å². The number of aromatic nitrogens is 3. The van der Waals surface area contributed by atoms with Gasteiger partial charge in [-0.1, -0.05) is 12.1 Å². The topological polar surface area (TPSA) is 87.5 Å². The maximum Gasteiger partial charge on any atom is 0.337 e. The summed E-state index contributed by atoms with van der Waals surface area (Å²) < 4.78 is 17.3. The largest absolute Gasteiger partial charge is 0.493 e. The zero-order valence-corrected chi connectivity index (χ0v) is 16.2. The molecule has 0 saturated heterocycles. The number of methoxy groups -OCH3 is 3. The zero-order chi connectivity index (χ0) is 20.4. The number of carbonyl (C=O) groups excluding carboxylic acids is 1. The number of carbonyl (C=O) groups is 1. The maximum absolute atomic E-state index is 11.7. The first-order valence-electron chi connectivity index (χ1n) is 8.93. The zero-order valence-electron chi connectivity index (χ0n) is 16.2. The highest BCUT2D eigenvalue weighted by Gasteiger charge is 2.24. The minimum Gasteiger partial charge on any atom is -0.493 e. The fraction of sp³-hybridized carbons (Fsp3) is 0.190. The minimum absolute atomic E-state index is 0.191. The van der Waals surface area contributed by atoms with Gasteiger partial charge >= 0.3 is 5.97 Å². The van der Waals surface area contributed by atoms with Crippen LogP contribution in [0.25, 0.3) is 5.70 Å². The molecular formula is C21H20N4O4. The summed E-state index contributed by atoms with van der Waals surface area (Å²) in [5.74, 6) is 1.55. The lowest BCUT2D eigenvalue weighted by Crippen LogP contribution is -2.20. The van der Waals surface area contributed by atoms with Gasteiger partial charge in [-0.25, -0.2) is 9.48 Å². The number of nitrogens with zero attached hydrogens (tertiary/aromatic N) is 3. The molecule has 0 amide bonds. The molecule has 0 unspecified atom stereocenters. The Morgan fingerprint density at radius 1 is 1.03 bits per heavy atom. The van der Waals surface area contributed by atoms with Crippen LogP contribution in [0.3, 0.4) is 0 Å². The van der Waals surface area contributed by atoms with Crippen LogP contribution < -0.4 is 14.8 Å². The molecule has 0 spiro atoms. The Hall–Kier alpha value is -3.81. The van der Waals surface area contributed by atoms with Crippen LogP contribution in [0.5, 0.6) is 11.5 Å². The highest BCUT2D eigenvalue weighted by Crippen LogP contribution is 2.35. The number of allylic oxidation sites excluding steroid dienone is 1. The fourth-order valence-electron chi connectivity index (χ4n) is 3.28. The molecule has 3 aromatic rings. The van der Waals surface area contributed by atoms with Crippen LogP contribution in [0.15, 0.2) is 54.9 Å². The van der Waals surface area contributed by atoms with Crippen molar-refractivity contribution in [3.05, 3.63) is 71.6 Å². The Bertz CT molecular complexity index is 1070. The standard InChI is InChI=1S/C21H20N4O4/c1-27-18-9-8-15(10-19(18)28-2)16-11-17(25-21(24-16)22-12-23-25)13-4-6-14(7-5-13)20(26)29-3/h4-12,17H,1-3H3,(H,22,23,24)/t17-/m1/s1. The number of hydrogen-bond donors (Lipinski definition) is 1. The van der Waals surface area contributed by atoms with Crippen LogP contribution in [0.2, 0.25) is 0 Å². The first-order chi connectivity index (χ1) is 14.1.